The van der Waals surface area contributed by atoms with Crippen molar-refractivity contribution in [1.29, 1.82) is 0 Å². The SMILES string of the molecule is CCOC(=O)C1=C(C)NC(=O)NC1c1cccc(OCc2cn(-c3ccc(OC)cc3)nn2)c1. The number of rotatable bonds is 8. The van der Waals surface area contributed by atoms with Crippen LogP contribution in [0.3, 0.4) is 0 Å². The van der Waals surface area contributed by atoms with Crippen LogP contribution in [0.25, 0.3) is 5.69 Å². The molecule has 3 aromatic rings. The van der Waals surface area contributed by atoms with Crippen LogP contribution in [0.5, 0.6) is 11.5 Å². The van der Waals surface area contributed by atoms with Crippen molar-refractivity contribution in [3.63, 3.8) is 0 Å². The summed E-state index contributed by atoms with van der Waals surface area (Å²) in [4.78, 5) is 24.6. The number of esters is 1. The molecule has 0 saturated carbocycles. The number of nitrogens with one attached hydrogen (secondary N) is 2. The fourth-order valence-corrected chi connectivity index (χ4v) is 3.59. The largest absolute Gasteiger partial charge is 0.497 e. The Balaban J connectivity index is 1.48. The zero-order chi connectivity index (χ0) is 24.1. The molecule has 1 aliphatic rings. The number of benzene rings is 2. The van der Waals surface area contributed by atoms with Crippen LogP contribution >= 0.6 is 0 Å². The lowest BCUT2D eigenvalue weighted by Crippen LogP contribution is -2.45. The number of ether oxygens (including phenoxy) is 3. The van der Waals surface area contributed by atoms with E-state index in [2.05, 4.69) is 20.9 Å². The number of aromatic nitrogens is 3. The lowest BCUT2D eigenvalue weighted by molar-refractivity contribution is -0.139. The van der Waals surface area contributed by atoms with E-state index in [9.17, 15) is 9.59 Å². The third-order valence-electron chi connectivity index (χ3n) is 5.22. The van der Waals surface area contributed by atoms with E-state index < -0.39 is 18.0 Å². The summed E-state index contributed by atoms with van der Waals surface area (Å²) in [6, 6.07) is 13.6. The number of hydrogen-bond acceptors (Lipinski definition) is 7. The van der Waals surface area contributed by atoms with Crippen molar-refractivity contribution >= 4 is 12.0 Å². The summed E-state index contributed by atoms with van der Waals surface area (Å²) in [6.07, 6.45) is 1.78. The molecular weight excluding hydrogens is 438 g/mol. The monoisotopic (exact) mass is 463 g/mol. The van der Waals surface area contributed by atoms with E-state index in [1.165, 1.54) is 0 Å². The molecule has 34 heavy (non-hydrogen) atoms. The van der Waals surface area contributed by atoms with E-state index in [0.717, 1.165) is 11.4 Å². The summed E-state index contributed by atoms with van der Waals surface area (Å²) in [5.41, 5.74) is 2.97. The maximum Gasteiger partial charge on any atom is 0.338 e. The minimum absolute atomic E-state index is 0.192. The van der Waals surface area contributed by atoms with E-state index >= 15 is 0 Å². The van der Waals surface area contributed by atoms with Crippen LogP contribution in [0, 0.1) is 0 Å². The quantitative estimate of drug-likeness (QED) is 0.493. The molecule has 2 amide bonds. The van der Waals surface area contributed by atoms with Crippen molar-refractivity contribution in [3.05, 3.63) is 77.3 Å². The molecule has 10 heteroatoms. The van der Waals surface area contributed by atoms with Gasteiger partial charge >= 0.3 is 12.0 Å². The standard InChI is InChI=1S/C24H25N5O5/c1-4-33-23(30)21-15(2)25-24(31)26-22(21)16-6-5-7-20(12-16)34-14-17-13-29(28-27-17)18-8-10-19(32-3)11-9-18/h5-13,22H,4,14H2,1-3H3,(H2,25,26,31). The number of nitrogens with zero attached hydrogens (tertiary/aromatic N) is 3. The Kier molecular flexibility index (Phi) is 6.77. The van der Waals surface area contributed by atoms with E-state index in [4.69, 9.17) is 14.2 Å². The van der Waals surface area contributed by atoms with Gasteiger partial charge in [-0.25, -0.2) is 14.3 Å². The fourth-order valence-electron chi connectivity index (χ4n) is 3.59. The molecule has 0 spiro atoms. The second kappa shape index (κ2) is 10.1. The molecule has 1 unspecified atom stereocenters. The van der Waals surface area contributed by atoms with E-state index in [0.29, 0.717) is 28.3 Å². The van der Waals surface area contributed by atoms with Gasteiger partial charge in [-0.15, -0.1) is 5.10 Å². The summed E-state index contributed by atoms with van der Waals surface area (Å²) < 4.78 is 17.9. The second-order valence-corrected chi connectivity index (χ2v) is 7.50. The maximum atomic E-state index is 12.5. The van der Waals surface area contributed by atoms with Crippen LogP contribution in [0.15, 0.2) is 66.0 Å². The molecule has 0 saturated heterocycles. The molecule has 4 rings (SSSR count). The lowest BCUT2D eigenvalue weighted by atomic mass is 9.95. The first kappa shape index (κ1) is 22.8. The number of methoxy groups -OCH3 is 1. The summed E-state index contributed by atoms with van der Waals surface area (Å²) in [5, 5.41) is 13.7. The molecule has 2 heterocycles. The van der Waals surface area contributed by atoms with Crippen molar-refractivity contribution in [3.8, 4) is 17.2 Å². The van der Waals surface area contributed by atoms with Crippen molar-refractivity contribution in [2.45, 2.75) is 26.5 Å². The highest BCUT2D eigenvalue weighted by molar-refractivity contribution is 5.95. The number of carbonyl (C=O) groups excluding carboxylic acids is 2. The third-order valence-corrected chi connectivity index (χ3v) is 5.22. The maximum absolute atomic E-state index is 12.5. The Morgan fingerprint density at radius 2 is 1.94 bits per heavy atom. The predicted molar refractivity (Wildman–Crippen MR) is 122 cm³/mol. The summed E-state index contributed by atoms with van der Waals surface area (Å²) in [6.45, 7) is 3.83. The van der Waals surface area contributed by atoms with Gasteiger partial charge in [0.15, 0.2) is 0 Å². The fraction of sp³-hybridized carbons (Fsp3) is 0.250. The number of hydrogen-bond donors (Lipinski definition) is 2. The highest BCUT2D eigenvalue weighted by Crippen LogP contribution is 2.30. The van der Waals surface area contributed by atoms with Crippen LogP contribution < -0.4 is 20.1 Å². The molecule has 0 radical (unpaired) electrons. The molecule has 1 aromatic heterocycles. The molecule has 1 aliphatic heterocycles. The molecule has 0 aliphatic carbocycles. The zero-order valence-corrected chi connectivity index (χ0v) is 19.1. The van der Waals surface area contributed by atoms with Gasteiger partial charge in [-0.3, -0.25) is 0 Å². The van der Waals surface area contributed by atoms with Crippen molar-refractivity contribution < 1.29 is 23.8 Å². The Morgan fingerprint density at radius 1 is 1.15 bits per heavy atom. The first-order valence-electron chi connectivity index (χ1n) is 10.7. The molecule has 2 N–H and O–H groups in total. The van der Waals surface area contributed by atoms with Crippen LogP contribution in [-0.2, 0) is 16.1 Å². The first-order chi connectivity index (χ1) is 16.5. The molecule has 0 fully saturated rings. The molecule has 2 aromatic carbocycles. The van der Waals surface area contributed by atoms with Crippen LogP contribution in [-0.4, -0.2) is 40.7 Å². The van der Waals surface area contributed by atoms with Gasteiger partial charge in [-0.05, 0) is 55.8 Å². The minimum Gasteiger partial charge on any atom is -0.497 e. The Hall–Kier alpha value is -4.34. The van der Waals surface area contributed by atoms with E-state index in [1.807, 2.05) is 30.3 Å². The Bertz CT molecular complexity index is 1220. The summed E-state index contributed by atoms with van der Waals surface area (Å²) in [7, 11) is 1.61. The zero-order valence-electron chi connectivity index (χ0n) is 19.1. The molecule has 176 valence electrons. The minimum atomic E-state index is -0.660. The van der Waals surface area contributed by atoms with Crippen molar-refractivity contribution in [2.75, 3.05) is 13.7 Å². The van der Waals surface area contributed by atoms with Crippen LogP contribution in [0.4, 0.5) is 4.79 Å². The molecule has 0 bridgehead atoms. The van der Waals surface area contributed by atoms with E-state index in [1.54, 1.807) is 50.0 Å². The van der Waals surface area contributed by atoms with Crippen molar-refractivity contribution in [2.24, 2.45) is 0 Å². The summed E-state index contributed by atoms with van der Waals surface area (Å²) in [5.74, 6) is 0.831. The van der Waals surface area contributed by atoms with Gasteiger partial charge in [0.2, 0.25) is 0 Å². The van der Waals surface area contributed by atoms with Gasteiger partial charge < -0.3 is 24.8 Å². The normalized spacial score (nSPS) is 15.4. The Labute approximate surface area is 196 Å². The smallest absolute Gasteiger partial charge is 0.338 e. The van der Waals surface area contributed by atoms with Gasteiger partial charge in [0, 0.05) is 5.70 Å². The number of carbonyl (C=O) groups is 2. The van der Waals surface area contributed by atoms with Crippen LogP contribution in [0.2, 0.25) is 0 Å². The third kappa shape index (κ3) is 5.01. The predicted octanol–water partition coefficient (Wildman–Crippen LogP) is 3.05. The van der Waals surface area contributed by atoms with E-state index in [-0.39, 0.29) is 13.2 Å². The number of urea groups is 1. The molecule has 10 nitrogen and oxygen atoms in total. The average molecular weight is 463 g/mol. The van der Waals surface area contributed by atoms with Crippen LogP contribution in [0.1, 0.15) is 31.1 Å². The lowest BCUT2D eigenvalue weighted by Gasteiger charge is -2.28. The summed E-state index contributed by atoms with van der Waals surface area (Å²) >= 11 is 0. The topological polar surface area (TPSA) is 117 Å². The molecular formula is C24H25N5O5. The van der Waals surface area contributed by atoms with Gasteiger partial charge in [-0.2, -0.15) is 0 Å². The second-order valence-electron chi connectivity index (χ2n) is 7.50. The number of amides is 2. The van der Waals surface area contributed by atoms with Gasteiger partial charge in [0.25, 0.3) is 0 Å². The first-order valence-corrected chi connectivity index (χ1v) is 10.7. The average Bonchev–Trinajstić information content (AvgIpc) is 3.32. The van der Waals surface area contributed by atoms with Crippen molar-refractivity contribution in [1.82, 2.24) is 25.6 Å². The van der Waals surface area contributed by atoms with Gasteiger partial charge in [0.1, 0.15) is 23.8 Å². The van der Waals surface area contributed by atoms with Gasteiger partial charge in [0.05, 0.1) is 37.2 Å². The highest BCUT2D eigenvalue weighted by atomic mass is 16.5. The van der Waals surface area contributed by atoms with Gasteiger partial charge in [-0.1, -0.05) is 17.3 Å². The Morgan fingerprint density at radius 3 is 2.68 bits per heavy atom. The molecule has 1 atom stereocenters. The number of allylic oxidation sites excluding steroid dienone is 1. The highest BCUT2D eigenvalue weighted by Gasteiger charge is 2.32.